The van der Waals surface area contributed by atoms with Crippen LogP contribution in [0.3, 0.4) is 0 Å². The predicted octanol–water partition coefficient (Wildman–Crippen LogP) is 2.50. The van der Waals surface area contributed by atoms with Crippen LogP contribution in [0, 0.1) is 19.8 Å². The van der Waals surface area contributed by atoms with Gasteiger partial charge in [0.1, 0.15) is 0 Å². The molecule has 2 rings (SSSR count). The topological polar surface area (TPSA) is 46.3 Å². The lowest BCUT2D eigenvalue weighted by molar-refractivity contribution is 0.0668. The Morgan fingerprint density at radius 2 is 2.21 bits per heavy atom. The third kappa shape index (κ3) is 3.35. The van der Waals surface area contributed by atoms with Crippen LogP contribution >= 0.6 is 0 Å². The number of piperidine rings is 1. The normalized spacial score (nSPS) is 19.5. The number of likely N-dealkylation sites (tertiary alicyclic amines) is 1. The Hall–Kier alpha value is -1.35. The Balaban J connectivity index is 2.12. The molecule has 1 aromatic rings. The Morgan fingerprint density at radius 3 is 2.95 bits per heavy atom. The van der Waals surface area contributed by atoms with Crippen LogP contribution in [-0.2, 0) is 0 Å². The van der Waals surface area contributed by atoms with Gasteiger partial charge in [-0.2, -0.15) is 0 Å². The van der Waals surface area contributed by atoms with Gasteiger partial charge in [-0.05, 0) is 57.2 Å². The first-order chi connectivity index (χ1) is 9.11. The SMILES string of the molecule is Cc1ccc(C)c(C(=O)N2CCCC(CCN)C2)c1. The number of carbonyl (C=O) groups is 1. The van der Waals surface area contributed by atoms with Gasteiger partial charge in [-0.15, -0.1) is 0 Å². The average Bonchev–Trinajstić information content (AvgIpc) is 2.41. The molecular formula is C16H24N2O. The first kappa shape index (κ1) is 14.1. The fraction of sp³-hybridized carbons (Fsp3) is 0.562. The van der Waals surface area contributed by atoms with E-state index in [0.29, 0.717) is 5.92 Å². The van der Waals surface area contributed by atoms with E-state index in [2.05, 4.69) is 6.07 Å². The summed E-state index contributed by atoms with van der Waals surface area (Å²) in [5.41, 5.74) is 8.70. The van der Waals surface area contributed by atoms with Gasteiger partial charge < -0.3 is 10.6 Å². The molecule has 1 aliphatic heterocycles. The first-order valence-electron chi connectivity index (χ1n) is 7.18. The van der Waals surface area contributed by atoms with E-state index in [1.54, 1.807) is 0 Å². The van der Waals surface area contributed by atoms with Crippen LogP contribution in [-0.4, -0.2) is 30.4 Å². The minimum Gasteiger partial charge on any atom is -0.338 e. The Bertz CT molecular complexity index is 454. The van der Waals surface area contributed by atoms with Crippen molar-refractivity contribution in [3.63, 3.8) is 0 Å². The zero-order valence-corrected chi connectivity index (χ0v) is 12.0. The maximum Gasteiger partial charge on any atom is 0.254 e. The van der Waals surface area contributed by atoms with Crippen LogP contribution in [0.15, 0.2) is 18.2 Å². The predicted molar refractivity (Wildman–Crippen MR) is 78.2 cm³/mol. The third-order valence-corrected chi connectivity index (χ3v) is 4.00. The van der Waals surface area contributed by atoms with Crippen LogP contribution in [0.5, 0.6) is 0 Å². The van der Waals surface area contributed by atoms with Crippen molar-refractivity contribution >= 4 is 5.91 Å². The molecule has 3 heteroatoms. The Morgan fingerprint density at radius 1 is 1.42 bits per heavy atom. The standard InChI is InChI=1S/C16H24N2O/c1-12-5-6-13(2)15(10-12)16(19)18-9-3-4-14(11-18)7-8-17/h5-6,10,14H,3-4,7-9,11,17H2,1-2H3. The summed E-state index contributed by atoms with van der Waals surface area (Å²) >= 11 is 0. The van der Waals surface area contributed by atoms with Gasteiger partial charge in [0, 0.05) is 18.7 Å². The molecule has 1 amide bonds. The van der Waals surface area contributed by atoms with E-state index in [9.17, 15) is 4.79 Å². The van der Waals surface area contributed by atoms with Gasteiger partial charge in [0.15, 0.2) is 0 Å². The summed E-state index contributed by atoms with van der Waals surface area (Å²) in [6, 6.07) is 6.09. The molecule has 1 heterocycles. The van der Waals surface area contributed by atoms with Crippen molar-refractivity contribution in [1.82, 2.24) is 4.90 Å². The molecular weight excluding hydrogens is 236 g/mol. The highest BCUT2D eigenvalue weighted by atomic mass is 16.2. The summed E-state index contributed by atoms with van der Waals surface area (Å²) < 4.78 is 0. The van der Waals surface area contributed by atoms with Crippen LogP contribution in [0.1, 0.15) is 40.7 Å². The van der Waals surface area contributed by atoms with E-state index >= 15 is 0 Å². The van der Waals surface area contributed by atoms with Crippen LogP contribution in [0.25, 0.3) is 0 Å². The summed E-state index contributed by atoms with van der Waals surface area (Å²) in [5, 5.41) is 0. The lowest BCUT2D eigenvalue weighted by atomic mass is 9.94. The largest absolute Gasteiger partial charge is 0.338 e. The molecule has 0 radical (unpaired) electrons. The van der Waals surface area contributed by atoms with E-state index in [1.165, 1.54) is 6.42 Å². The van der Waals surface area contributed by atoms with Gasteiger partial charge in [0.05, 0.1) is 0 Å². The molecule has 0 aromatic heterocycles. The summed E-state index contributed by atoms with van der Waals surface area (Å²) in [4.78, 5) is 14.6. The molecule has 1 aromatic carbocycles. The molecule has 19 heavy (non-hydrogen) atoms. The van der Waals surface area contributed by atoms with E-state index < -0.39 is 0 Å². The second kappa shape index (κ2) is 6.20. The van der Waals surface area contributed by atoms with Crippen LogP contribution in [0.2, 0.25) is 0 Å². The molecule has 1 saturated heterocycles. The minimum absolute atomic E-state index is 0.183. The number of nitrogens with zero attached hydrogens (tertiary/aromatic N) is 1. The number of rotatable bonds is 3. The number of amides is 1. The highest BCUT2D eigenvalue weighted by Crippen LogP contribution is 2.22. The fourth-order valence-corrected chi connectivity index (χ4v) is 2.86. The molecule has 3 nitrogen and oxygen atoms in total. The first-order valence-corrected chi connectivity index (χ1v) is 7.18. The summed E-state index contributed by atoms with van der Waals surface area (Å²) in [6.07, 6.45) is 3.33. The number of benzene rings is 1. The summed E-state index contributed by atoms with van der Waals surface area (Å²) in [5.74, 6) is 0.760. The van der Waals surface area contributed by atoms with Gasteiger partial charge in [-0.1, -0.05) is 17.7 Å². The maximum atomic E-state index is 12.6. The van der Waals surface area contributed by atoms with Crippen molar-refractivity contribution in [2.24, 2.45) is 11.7 Å². The van der Waals surface area contributed by atoms with Crippen LogP contribution < -0.4 is 5.73 Å². The van der Waals surface area contributed by atoms with Crippen molar-refractivity contribution in [3.8, 4) is 0 Å². The third-order valence-electron chi connectivity index (χ3n) is 4.00. The zero-order valence-electron chi connectivity index (χ0n) is 12.0. The van der Waals surface area contributed by atoms with Gasteiger partial charge >= 0.3 is 0 Å². The minimum atomic E-state index is 0.183. The van der Waals surface area contributed by atoms with Gasteiger partial charge in [-0.3, -0.25) is 4.79 Å². The highest BCUT2D eigenvalue weighted by molar-refractivity contribution is 5.95. The zero-order chi connectivity index (χ0) is 13.8. The van der Waals surface area contributed by atoms with E-state index in [-0.39, 0.29) is 5.91 Å². The number of aryl methyl sites for hydroxylation is 2. The molecule has 1 fully saturated rings. The Labute approximate surface area is 115 Å². The van der Waals surface area contributed by atoms with Crippen molar-refractivity contribution in [2.75, 3.05) is 19.6 Å². The number of carbonyl (C=O) groups excluding carboxylic acids is 1. The monoisotopic (exact) mass is 260 g/mol. The van der Waals surface area contributed by atoms with E-state index in [1.807, 2.05) is 30.9 Å². The van der Waals surface area contributed by atoms with Crippen molar-refractivity contribution in [3.05, 3.63) is 34.9 Å². The molecule has 1 unspecified atom stereocenters. The van der Waals surface area contributed by atoms with E-state index in [4.69, 9.17) is 5.73 Å². The number of hydrogen-bond donors (Lipinski definition) is 1. The second-order valence-corrected chi connectivity index (χ2v) is 5.66. The Kier molecular flexibility index (Phi) is 4.59. The maximum absolute atomic E-state index is 12.6. The number of nitrogens with two attached hydrogens (primary N) is 1. The molecule has 0 spiro atoms. The lowest BCUT2D eigenvalue weighted by Crippen LogP contribution is -2.40. The molecule has 1 atom stereocenters. The van der Waals surface area contributed by atoms with Crippen LogP contribution in [0.4, 0.5) is 0 Å². The molecule has 0 aliphatic carbocycles. The van der Waals surface area contributed by atoms with E-state index in [0.717, 1.165) is 49.2 Å². The quantitative estimate of drug-likeness (QED) is 0.907. The second-order valence-electron chi connectivity index (χ2n) is 5.66. The van der Waals surface area contributed by atoms with Gasteiger partial charge in [0.25, 0.3) is 5.91 Å². The van der Waals surface area contributed by atoms with Crippen molar-refractivity contribution in [1.29, 1.82) is 0 Å². The fourth-order valence-electron chi connectivity index (χ4n) is 2.86. The molecule has 0 saturated carbocycles. The summed E-state index contributed by atoms with van der Waals surface area (Å²) in [6.45, 7) is 6.50. The average molecular weight is 260 g/mol. The van der Waals surface area contributed by atoms with Crippen molar-refractivity contribution < 1.29 is 4.79 Å². The number of hydrogen-bond acceptors (Lipinski definition) is 2. The van der Waals surface area contributed by atoms with Gasteiger partial charge in [-0.25, -0.2) is 0 Å². The molecule has 2 N–H and O–H groups in total. The highest BCUT2D eigenvalue weighted by Gasteiger charge is 2.24. The summed E-state index contributed by atoms with van der Waals surface area (Å²) in [7, 11) is 0. The lowest BCUT2D eigenvalue weighted by Gasteiger charge is -2.33. The van der Waals surface area contributed by atoms with Gasteiger partial charge in [0.2, 0.25) is 0 Å². The van der Waals surface area contributed by atoms with Crippen molar-refractivity contribution in [2.45, 2.75) is 33.1 Å². The smallest absolute Gasteiger partial charge is 0.254 e. The molecule has 1 aliphatic rings. The molecule has 104 valence electrons. The molecule has 0 bridgehead atoms.